The van der Waals surface area contributed by atoms with Gasteiger partial charge in [-0.1, -0.05) is 30.3 Å². The molecule has 0 bridgehead atoms. The molecule has 120 valence electrons. The molecule has 2 aromatic rings. The van der Waals surface area contributed by atoms with Crippen LogP contribution in [-0.4, -0.2) is 25.5 Å². The molecule has 0 spiro atoms. The molecule has 23 heavy (non-hydrogen) atoms. The maximum Gasteiger partial charge on any atom is 0.224 e. The predicted molar refractivity (Wildman–Crippen MR) is 94.5 cm³/mol. The van der Waals surface area contributed by atoms with E-state index < -0.39 is 0 Å². The van der Waals surface area contributed by atoms with Gasteiger partial charge in [0.2, 0.25) is 5.91 Å². The Balaban J connectivity index is 1.39. The number of nitrogens with two attached hydrogens (primary N) is 1. The summed E-state index contributed by atoms with van der Waals surface area (Å²) in [5, 5.41) is 3.00. The van der Waals surface area contributed by atoms with Crippen LogP contribution in [0.3, 0.4) is 0 Å². The Bertz CT molecular complexity index is 667. The lowest BCUT2D eigenvalue weighted by molar-refractivity contribution is -0.120. The predicted octanol–water partition coefficient (Wildman–Crippen LogP) is 2.38. The minimum absolute atomic E-state index is 0.0663. The molecule has 1 aliphatic heterocycles. The van der Waals surface area contributed by atoms with Crippen LogP contribution >= 0.6 is 0 Å². The number of hydrogen-bond acceptors (Lipinski definition) is 3. The van der Waals surface area contributed by atoms with E-state index in [9.17, 15) is 4.79 Å². The molecule has 2 aromatic carbocycles. The Hall–Kier alpha value is -2.49. The monoisotopic (exact) mass is 309 g/mol. The van der Waals surface area contributed by atoms with Crippen LogP contribution in [0.15, 0.2) is 48.5 Å². The first-order valence-electron chi connectivity index (χ1n) is 8.16. The fourth-order valence-electron chi connectivity index (χ4n) is 3.02. The van der Waals surface area contributed by atoms with Crippen molar-refractivity contribution in [3.63, 3.8) is 0 Å². The van der Waals surface area contributed by atoms with Gasteiger partial charge >= 0.3 is 0 Å². The molecule has 0 aliphatic carbocycles. The van der Waals surface area contributed by atoms with Crippen molar-refractivity contribution in [1.82, 2.24) is 5.32 Å². The maximum atomic E-state index is 11.9. The summed E-state index contributed by atoms with van der Waals surface area (Å²) in [6.45, 7) is 2.78. The lowest BCUT2D eigenvalue weighted by Gasteiger charge is -2.19. The zero-order valence-corrected chi connectivity index (χ0v) is 13.3. The van der Waals surface area contributed by atoms with Crippen LogP contribution in [0.1, 0.15) is 17.5 Å². The summed E-state index contributed by atoms with van der Waals surface area (Å²) in [6.07, 6.45) is 2.49. The third-order valence-electron chi connectivity index (χ3n) is 4.25. The lowest BCUT2D eigenvalue weighted by Crippen LogP contribution is -2.30. The van der Waals surface area contributed by atoms with E-state index in [0.29, 0.717) is 13.0 Å². The molecular formula is C19H23N3O. The van der Waals surface area contributed by atoms with E-state index in [0.717, 1.165) is 37.2 Å². The van der Waals surface area contributed by atoms with Crippen molar-refractivity contribution in [3.8, 4) is 0 Å². The molecule has 3 N–H and O–H groups in total. The fraction of sp³-hybridized carbons (Fsp3) is 0.316. The number of nitrogens with one attached hydrogen (secondary N) is 1. The smallest absolute Gasteiger partial charge is 0.224 e. The van der Waals surface area contributed by atoms with Crippen molar-refractivity contribution in [3.05, 3.63) is 59.7 Å². The fourth-order valence-corrected chi connectivity index (χ4v) is 3.02. The Morgan fingerprint density at radius 1 is 1.13 bits per heavy atom. The van der Waals surface area contributed by atoms with Crippen molar-refractivity contribution < 1.29 is 4.79 Å². The van der Waals surface area contributed by atoms with Gasteiger partial charge in [0, 0.05) is 31.0 Å². The number of carbonyl (C=O) groups excluding carboxylic acids is 1. The molecule has 0 unspecified atom stereocenters. The highest BCUT2D eigenvalue weighted by atomic mass is 16.1. The molecular weight excluding hydrogens is 286 g/mol. The normalized spacial score (nSPS) is 13.0. The number of nitrogen functional groups attached to an aromatic ring is 1. The van der Waals surface area contributed by atoms with Crippen LogP contribution < -0.4 is 16.0 Å². The number of amides is 1. The number of para-hydroxylation sites is 1. The van der Waals surface area contributed by atoms with Crippen molar-refractivity contribution in [2.45, 2.75) is 19.3 Å². The summed E-state index contributed by atoms with van der Waals surface area (Å²) in [4.78, 5) is 14.3. The Morgan fingerprint density at radius 3 is 2.74 bits per heavy atom. The second-order valence-corrected chi connectivity index (χ2v) is 5.99. The number of hydrogen-bond donors (Lipinski definition) is 2. The zero-order valence-electron chi connectivity index (χ0n) is 13.3. The second-order valence-electron chi connectivity index (χ2n) is 5.99. The SMILES string of the molecule is Nc1ccc(CC(=O)NCCCN2CCc3ccccc32)cc1. The molecule has 1 amide bonds. The Morgan fingerprint density at radius 2 is 1.91 bits per heavy atom. The molecule has 0 fully saturated rings. The van der Waals surface area contributed by atoms with Gasteiger partial charge in [-0.05, 0) is 42.2 Å². The largest absolute Gasteiger partial charge is 0.399 e. The number of rotatable bonds is 6. The molecule has 1 heterocycles. The lowest BCUT2D eigenvalue weighted by atomic mass is 10.1. The van der Waals surface area contributed by atoms with Crippen LogP contribution in [-0.2, 0) is 17.6 Å². The van der Waals surface area contributed by atoms with E-state index in [1.54, 1.807) is 0 Å². The maximum absolute atomic E-state index is 11.9. The first-order valence-corrected chi connectivity index (χ1v) is 8.16. The molecule has 0 saturated carbocycles. The molecule has 4 nitrogen and oxygen atoms in total. The van der Waals surface area contributed by atoms with Crippen LogP contribution in [0, 0.1) is 0 Å². The van der Waals surface area contributed by atoms with Gasteiger partial charge in [-0.2, -0.15) is 0 Å². The molecule has 3 rings (SSSR count). The Labute approximate surface area is 137 Å². The summed E-state index contributed by atoms with van der Waals surface area (Å²) in [7, 11) is 0. The van der Waals surface area contributed by atoms with E-state index in [4.69, 9.17) is 5.73 Å². The van der Waals surface area contributed by atoms with E-state index in [1.807, 2.05) is 24.3 Å². The van der Waals surface area contributed by atoms with Crippen LogP contribution in [0.5, 0.6) is 0 Å². The third kappa shape index (κ3) is 4.03. The van der Waals surface area contributed by atoms with Crippen molar-refractivity contribution in [2.75, 3.05) is 30.3 Å². The summed E-state index contributed by atoms with van der Waals surface area (Å²) in [5.74, 6) is 0.0663. The van der Waals surface area contributed by atoms with E-state index >= 15 is 0 Å². The second kappa shape index (κ2) is 7.18. The van der Waals surface area contributed by atoms with Gasteiger partial charge in [0.15, 0.2) is 0 Å². The van der Waals surface area contributed by atoms with Gasteiger partial charge in [-0.3, -0.25) is 4.79 Å². The van der Waals surface area contributed by atoms with E-state index in [1.165, 1.54) is 11.3 Å². The van der Waals surface area contributed by atoms with Gasteiger partial charge in [-0.15, -0.1) is 0 Å². The van der Waals surface area contributed by atoms with Crippen molar-refractivity contribution in [1.29, 1.82) is 0 Å². The molecule has 0 radical (unpaired) electrons. The van der Waals surface area contributed by atoms with Gasteiger partial charge in [-0.25, -0.2) is 0 Å². The standard InChI is InChI=1S/C19H23N3O/c20-17-8-6-15(7-9-17)14-19(23)21-11-3-12-22-13-10-16-4-1-2-5-18(16)22/h1-2,4-9H,3,10-14,20H2,(H,21,23). The topological polar surface area (TPSA) is 58.4 Å². The van der Waals surface area contributed by atoms with E-state index in [2.05, 4.69) is 34.5 Å². The number of benzene rings is 2. The number of fused-ring (bicyclic) bond motifs is 1. The molecule has 0 saturated heterocycles. The molecule has 0 atom stereocenters. The molecule has 0 aromatic heterocycles. The third-order valence-corrected chi connectivity index (χ3v) is 4.25. The summed E-state index contributed by atoms with van der Waals surface area (Å²) < 4.78 is 0. The molecule has 4 heteroatoms. The summed E-state index contributed by atoms with van der Waals surface area (Å²) >= 11 is 0. The summed E-state index contributed by atoms with van der Waals surface area (Å²) in [6, 6.07) is 16.0. The highest BCUT2D eigenvalue weighted by molar-refractivity contribution is 5.78. The van der Waals surface area contributed by atoms with Crippen LogP contribution in [0.2, 0.25) is 0 Å². The number of nitrogens with zero attached hydrogens (tertiary/aromatic N) is 1. The van der Waals surface area contributed by atoms with Gasteiger partial charge < -0.3 is 16.0 Å². The van der Waals surface area contributed by atoms with Crippen molar-refractivity contribution in [2.24, 2.45) is 0 Å². The van der Waals surface area contributed by atoms with Crippen molar-refractivity contribution >= 4 is 17.3 Å². The highest BCUT2D eigenvalue weighted by Gasteiger charge is 2.17. The minimum atomic E-state index is 0.0663. The van der Waals surface area contributed by atoms with E-state index in [-0.39, 0.29) is 5.91 Å². The quantitative estimate of drug-likeness (QED) is 0.636. The average Bonchev–Trinajstić information content (AvgIpc) is 2.97. The molecule has 1 aliphatic rings. The highest BCUT2D eigenvalue weighted by Crippen LogP contribution is 2.27. The minimum Gasteiger partial charge on any atom is -0.399 e. The van der Waals surface area contributed by atoms with Crippen LogP contribution in [0.4, 0.5) is 11.4 Å². The first-order chi connectivity index (χ1) is 11.2. The van der Waals surface area contributed by atoms with Crippen LogP contribution in [0.25, 0.3) is 0 Å². The Kier molecular flexibility index (Phi) is 4.81. The van der Waals surface area contributed by atoms with Gasteiger partial charge in [0.25, 0.3) is 0 Å². The first kappa shape index (κ1) is 15.4. The average molecular weight is 309 g/mol. The summed E-state index contributed by atoms with van der Waals surface area (Å²) in [5.41, 5.74) is 10.1. The zero-order chi connectivity index (χ0) is 16.1. The van der Waals surface area contributed by atoms with Gasteiger partial charge in [0.05, 0.1) is 6.42 Å². The number of carbonyl (C=O) groups is 1. The number of anilines is 2. The van der Waals surface area contributed by atoms with Gasteiger partial charge in [0.1, 0.15) is 0 Å².